The van der Waals surface area contributed by atoms with Crippen LogP contribution in [0.15, 0.2) is 18.2 Å². The van der Waals surface area contributed by atoms with E-state index in [1.165, 1.54) is 23.1 Å². The Kier molecular flexibility index (Phi) is 3.97. The number of rotatable bonds is 3. The monoisotopic (exact) mass is 293 g/mol. The summed E-state index contributed by atoms with van der Waals surface area (Å²) in [5, 5.41) is 21.1. The smallest absolute Gasteiger partial charge is 0.339 e. The first-order chi connectivity index (χ1) is 9.90. The highest BCUT2D eigenvalue weighted by atomic mass is 16.4. The maximum absolute atomic E-state index is 12.0. The van der Waals surface area contributed by atoms with Crippen LogP contribution in [0.25, 0.3) is 0 Å². The lowest BCUT2D eigenvalue weighted by atomic mass is 10.1. The van der Waals surface area contributed by atoms with Crippen molar-refractivity contribution in [1.82, 2.24) is 4.90 Å². The van der Waals surface area contributed by atoms with Gasteiger partial charge >= 0.3 is 12.0 Å². The van der Waals surface area contributed by atoms with E-state index in [1.54, 1.807) is 0 Å². The third-order valence-corrected chi connectivity index (χ3v) is 3.39. The number of carbonyl (C=O) groups excluding carboxylic acids is 2. The summed E-state index contributed by atoms with van der Waals surface area (Å²) in [5.41, 5.74) is 4.89. The number of aromatic carboxylic acids is 1. The van der Waals surface area contributed by atoms with Crippen molar-refractivity contribution in [2.45, 2.75) is 6.42 Å². The Balaban J connectivity index is 2.09. The van der Waals surface area contributed by atoms with Crippen LogP contribution in [0.4, 0.5) is 10.5 Å². The number of phenols is 1. The predicted octanol–water partition coefficient (Wildman–Crippen LogP) is 0.429. The van der Waals surface area contributed by atoms with Crippen molar-refractivity contribution < 1.29 is 24.6 Å². The van der Waals surface area contributed by atoms with Gasteiger partial charge in [-0.3, -0.25) is 4.79 Å². The Morgan fingerprint density at radius 2 is 2.05 bits per heavy atom. The second-order valence-electron chi connectivity index (χ2n) is 4.77. The van der Waals surface area contributed by atoms with Crippen LogP contribution in [-0.2, 0) is 4.79 Å². The maximum atomic E-state index is 12.0. The number of benzene rings is 1. The van der Waals surface area contributed by atoms with Gasteiger partial charge in [0.1, 0.15) is 5.56 Å². The van der Waals surface area contributed by atoms with E-state index in [0.29, 0.717) is 13.0 Å². The van der Waals surface area contributed by atoms with E-state index in [4.69, 9.17) is 10.8 Å². The molecule has 8 heteroatoms. The minimum absolute atomic E-state index is 0.00225. The molecule has 1 unspecified atom stereocenters. The van der Waals surface area contributed by atoms with Crippen LogP contribution in [-0.4, -0.2) is 46.1 Å². The molecule has 1 aromatic carbocycles. The van der Waals surface area contributed by atoms with Crippen molar-refractivity contribution >= 4 is 23.6 Å². The van der Waals surface area contributed by atoms with Gasteiger partial charge in [-0.2, -0.15) is 0 Å². The molecule has 112 valence electrons. The number of anilines is 1. The summed E-state index contributed by atoms with van der Waals surface area (Å²) in [6, 6.07) is 3.51. The first-order valence-electron chi connectivity index (χ1n) is 6.30. The van der Waals surface area contributed by atoms with Crippen LogP contribution in [0.1, 0.15) is 16.8 Å². The number of hydrogen-bond donors (Lipinski definition) is 4. The number of urea groups is 1. The Morgan fingerprint density at radius 1 is 1.33 bits per heavy atom. The number of hydrogen-bond acceptors (Lipinski definition) is 4. The third-order valence-electron chi connectivity index (χ3n) is 3.39. The SMILES string of the molecule is NC(=O)C1CCN(C(=O)Nc2cccc(C(=O)O)c2O)C1. The Hall–Kier alpha value is -2.77. The van der Waals surface area contributed by atoms with Gasteiger partial charge in [0.05, 0.1) is 11.6 Å². The summed E-state index contributed by atoms with van der Waals surface area (Å²) in [5.74, 6) is -2.64. The highest BCUT2D eigenvalue weighted by Crippen LogP contribution is 2.28. The van der Waals surface area contributed by atoms with E-state index >= 15 is 0 Å². The minimum atomic E-state index is -1.29. The molecule has 5 N–H and O–H groups in total. The summed E-state index contributed by atoms with van der Waals surface area (Å²) < 4.78 is 0. The number of carbonyl (C=O) groups is 3. The van der Waals surface area contributed by atoms with Crippen LogP contribution < -0.4 is 11.1 Å². The molecule has 1 aliphatic rings. The number of nitrogens with one attached hydrogen (secondary N) is 1. The molecule has 8 nitrogen and oxygen atoms in total. The number of carboxylic acid groups (broad SMARTS) is 1. The maximum Gasteiger partial charge on any atom is 0.339 e. The summed E-state index contributed by atoms with van der Waals surface area (Å²) in [4.78, 5) is 35.4. The minimum Gasteiger partial charge on any atom is -0.505 e. The van der Waals surface area contributed by atoms with Gasteiger partial charge < -0.3 is 26.2 Å². The standard InChI is InChI=1S/C13H15N3O5/c14-11(18)7-4-5-16(6-7)13(21)15-9-3-1-2-8(10(9)17)12(19)20/h1-3,7,17H,4-6H2,(H2,14,18)(H,15,21)(H,19,20). The molecule has 0 aromatic heterocycles. The number of nitrogens with two attached hydrogens (primary N) is 1. The molecule has 1 atom stereocenters. The summed E-state index contributed by atoms with van der Waals surface area (Å²) in [7, 11) is 0. The molecule has 1 heterocycles. The largest absolute Gasteiger partial charge is 0.505 e. The van der Waals surface area contributed by atoms with E-state index in [-0.39, 0.29) is 23.7 Å². The van der Waals surface area contributed by atoms with Crippen LogP contribution in [0.3, 0.4) is 0 Å². The third kappa shape index (κ3) is 3.04. The molecule has 0 bridgehead atoms. The molecule has 2 rings (SSSR count). The number of carboxylic acids is 1. The fourth-order valence-corrected chi connectivity index (χ4v) is 2.19. The van der Waals surface area contributed by atoms with Gasteiger partial charge in [0.25, 0.3) is 0 Å². The summed E-state index contributed by atoms with van der Waals surface area (Å²) in [6.07, 6.45) is 0.490. The first kappa shape index (κ1) is 14.6. The predicted molar refractivity (Wildman–Crippen MR) is 73.0 cm³/mol. The average molecular weight is 293 g/mol. The quantitative estimate of drug-likeness (QED) is 0.600. The van der Waals surface area contributed by atoms with Gasteiger partial charge in [0.2, 0.25) is 5.91 Å². The highest BCUT2D eigenvalue weighted by molar-refractivity contribution is 5.97. The topological polar surface area (TPSA) is 133 Å². The lowest BCUT2D eigenvalue weighted by molar-refractivity contribution is -0.121. The van der Waals surface area contributed by atoms with Crippen LogP contribution in [0, 0.1) is 5.92 Å². The highest BCUT2D eigenvalue weighted by Gasteiger charge is 2.30. The van der Waals surface area contributed by atoms with Gasteiger partial charge in [-0.1, -0.05) is 6.07 Å². The molecule has 21 heavy (non-hydrogen) atoms. The number of para-hydroxylation sites is 1. The lowest BCUT2D eigenvalue weighted by Crippen LogP contribution is -2.34. The van der Waals surface area contributed by atoms with Crippen molar-refractivity contribution in [2.75, 3.05) is 18.4 Å². The van der Waals surface area contributed by atoms with Gasteiger partial charge in [-0.05, 0) is 18.6 Å². The Labute approximate surface area is 120 Å². The average Bonchev–Trinajstić information content (AvgIpc) is 2.90. The molecule has 0 radical (unpaired) electrons. The summed E-state index contributed by atoms with van der Waals surface area (Å²) >= 11 is 0. The molecule has 1 fully saturated rings. The fourth-order valence-electron chi connectivity index (χ4n) is 2.19. The number of likely N-dealkylation sites (tertiary alicyclic amines) is 1. The van der Waals surface area contributed by atoms with Crippen molar-refractivity contribution in [3.05, 3.63) is 23.8 Å². The van der Waals surface area contributed by atoms with Crippen molar-refractivity contribution in [1.29, 1.82) is 0 Å². The summed E-state index contributed by atoms with van der Waals surface area (Å²) in [6.45, 7) is 0.583. The first-order valence-corrected chi connectivity index (χ1v) is 6.30. The molecule has 3 amide bonds. The molecule has 1 aromatic rings. The van der Waals surface area contributed by atoms with Crippen molar-refractivity contribution in [3.63, 3.8) is 0 Å². The van der Waals surface area contributed by atoms with Crippen LogP contribution in [0.2, 0.25) is 0 Å². The van der Waals surface area contributed by atoms with E-state index in [2.05, 4.69) is 5.32 Å². The van der Waals surface area contributed by atoms with Crippen LogP contribution >= 0.6 is 0 Å². The van der Waals surface area contributed by atoms with E-state index < -0.39 is 23.7 Å². The number of aromatic hydroxyl groups is 1. The van der Waals surface area contributed by atoms with Gasteiger partial charge in [-0.25, -0.2) is 9.59 Å². The zero-order valence-corrected chi connectivity index (χ0v) is 11.1. The van der Waals surface area contributed by atoms with E-state index in [1.807, 2.05) is 0 Å². The van der Waals surface area contributed by atoms with Crippen molar-refractivity contribution in [3.8, 4) is 5.75 Å². The Bertz CT molecular complexity index is 601. The zero-order chi connectivity index (χ0) is 15.6. The van der Waals surface area contributed by atoms with E-state index in [0.717, 1.165) is 0 Å². The second kappa shape index (κ2) is 5.70. The second-order valence-corrected chi connectivity index (χ2v) is 4.77. The van der Waals surface area contributed by atoms with Gasteiger partial charge in [0.15, 0.2) is 5.75 Å². The molecule has 0 spiro atoms. The lowest BCUT2D eigenvalue weighted by Gasteiger charge is -2.17. The molecular weight excluding hydrogens is 278 g/mol. The number of primary amides is 1. The van der Waals surface area contributed by atoms with Gasteiger partial charge in [0, 0.05) is 13.1 Å². The zero-order valence-electron chi connectivity index (χ0n) is 11.1. The molecule has 1 saturated heterocycles. The Morgan fingerprint density at radius 3 is 2.62 bits per heavy atom. The fraction of sp³-hybridized carbons (Fsp3) is 0.308. The molecule has 0 aliphatic carbocycles. The molecular formula is C13H15N3O5. The van der Waals surface area contributed by atoms with Crippen LogP contribution in [0.5, 0.6) is 5.75 Å². The van der Waals surface area contributed by atoms with Gasteiger partial charge in [-0.15, -0.1) is 0 Å². The molecule has 1 aliphatic heterocycles. The van der Waals surface area contributed by atoms with Crippen molar-refractivity contribution in [2.24, 2.45) is 11.7 Å². The normalized spacial score (nSPS) is 17.5. The molecule has 0 saturated carbocycles. The van der Waals surface area contributed by atoms with E-state index in [9.17, 15) is 19.5 Å². The number of amides is 3. The number of nitrogens with zero attached hydrogens (tertiary/aromatic N) is 1.